The van der Waals surface area contributed by atoms with E-state index >= 15 is 0 Å². The first kappa shape index (κ1) is 17.5. The van der Waals surface area contributed by atoms with E-state index in [9.17, 15) is 0 Å². The van der Waals surface area contributed by atoms with Crippen molar-refractivity contribution in [3.63, 3.8) is 0 Å². The SMILES string of the molecule is CCCCC(CC)Cc1ccc2cccc3c4cccc5cccc(c1c23)c54. The Hall–Kier alpha value is -2.60. The molecule has 28 heavy (non-hydrogen) atoms. The van der Waals surface area contributed by atoms with E-state index in [0.717, 1.165) is 5.92 Å². The van der Waals surface area contributed by atoms with Gasteiger partial charge in [0.25, 0.3) is 0 Å². The van der Waals surface area contributed by atoms with E-state index < -0.39 is 0 Å². The van der Waals surface area contributed by atoms with Gasteiger partial charge in [0.2, 0.25) is 0 Å². The highest BCUT2D eigenvalue weighted by Gasteiger charge is 2.17. The van der Waals surface area contributed by atoms with E-state index in [-0.39, 0.29) is 0 Å². The molecule has 5 rings (SSSR count). The van der Waals surface area contributed by atoms with Crippen LogP contribution < -0.4 is 0 Å². The maximum absolute atomic E-state index is 2.41. The Morgan fingerprint density at radius 1 is 0.643 bits per heavy atom. The van der Waals surface area contributed by atoms with Crippen molar-refractivity contribution in [2.75, 3.05) is 0 Å². The minimum absolute atomic E-state index is 0.775. The predicted molar refractivity (Wildman–Crippen MR) is 125 cm³/mol. The fourth-order valence-electron chi connectivity index (χ4n) is 5.15. The molecular formula is C28H28. The van der Waals surface area contributed by atoms with Crippen molar-refractivity contribution in [2.45, 2.75) is 46.0 Å². The summed E-state index contributed by atoms with van der Waals surface area (Å²) in [5.41, 5.74) is 1.53. The van der Waals surface area contributed by atoms with E-state index in [1.807, 2.05) is 0 Å². The Morgan fingerprint density at radius 2 is 1.29 bits per heavy atom. The molecule has 0 aliphatic carbocycles. The Morgan fingerprint density at radius 3 is 1.96 bits per heavy atom. The van der Waals surface area contributed by atoms with Crippen LogP contribution in [0, 0.1) is 5.92 Å². The van der Waals surface area contributed by atoms with Gasteiger partial charge in [-0.15, -0.1) is 0 Å². The third-order valence-corrected chi connectivity index (χ3v) is 6.65. The summed E-state index contributed by atoms with van der Waals surface area (Å²) >= 11 is 0. The Labute approximate surface area is 167 Å². The van der Waals surface area contributed by atoms with Gasteiger partial charge in [0.05, 0.1) is 0 Å². The quantitative estimate of drug-likeness (QED) is 0.209. The van der Waals surface area contributed by atoms with Crippen LogP contribution in [0.25, 0.3) is 43.1 Å². The van der Waals surface area contributed by atoms with Gasteiger partial charge in [-0.2, -0.15) is 0 Å². The third-order valence-electron chi connectivity index (χ3n) is 6.65. The highest BCUT2D eigenvalue weighted by Crippen LogP contribution is 2.42. The molecule has 0 aliphatic rings. The van der Waals surface area contributed by atoms with Crippen molar-refractivity contribution in [2.24, 2.45) is 5.92 Å². The van der Waals surface area contributed by atoms with Crippen LogP contribution >= 0.6 is 0 Å². The molecule has 0 nitrogen and oxygen atoms in total. The fraction of sp³-hybridized carbons (Fsp3) is 0.286. The first-order valence-electron chi connectivity index (χ1n) is 10.9. The van der Waals surface area contributed by atoms with Crippen LogP contribution in [-0.2, 0) is 6.42 Å². The summed E-state index contributed by atoms with van der Waals surface area (Å²) in [4.78, 5) is 0. The Kier molecular flexibility index (Phi) is 4.43. The van der Waals surface area contributed by atoms with Crippen molar-refractivity contribution in [3.8, 4) is 0 Å². The zero-order valence-corrected chi connectivity index (χ0v) is 17.0. The van der Waals surface area contributed by atoms with Crippen LogP contribution in [0.5, 0.6) is 0 Å². The van der Waals surface area contributed by atoms with Gasteiger partial charge in [-0.25, -0.2) is 0 Å². The number of benzene rings is 5. The van der Waals surface area contributed by atoms with Gasteiger partial charge in [-0.1, -0.05) is 106 Å². The maximum Gasteiger partial charge on any atom is -0.00236 e. The average Bonchev–Trinajstić information content (AvgIpc) is 2.75. The van der Waals surface area contributed by atoms with Crippen LogP contribution in [0.4, 0.5) is 0 Å². The second kappa shape index (κ2) is 7.09. The first-order valence-corrected chi connectivity index (χ1v) is 10.9. The summed E-state index contributed by atoms with van der Waals surface area (Å²) in [6.45, 7) is 4.66. The fourth-order valence-corrected chi connectivity index (χ4v) is 5.15. The molecule has 0 saturated carbocycles. The summed E-state index contributed by atoms with van der Waals surface area (Å²) in [6.07, 6.45) is 6.42. The summed E-state index contributed by atoms with van der Waals surface area (Å²) in [5.74, 6) is 0.775. The molecule has 1 atom stereocenters. The lowest BCUT2D eigenvalue weighted by molar-refractivity contribution is 0.450. The summed E-state index contributed by atoms with van der Waals surface area (Å²) in [5, 5.41) is 11.3. The summed E-state index contributed by atoms with van der Waals surface area (Å²) in [6, 6.07) is 25.1. The van der Waals surface area contributed by atoms with Gasteiger partial charge in [-0.05, 0) is 61.0 Å². The van der Waals surface area contributed by atoms with Crippen molar-refractivity contribution < 1.29 is 0 Å². The third kappa shape index (κ3) is 2.66. The van der Waals surface area contributed by atoms with Gasteiger partial charge >= 0.3 is 0 Å². The molecular weight excluding hydrogens is 336 g/mol. The molecule has 0 saturated heterocycles. The Bertz CT molecular complexity index is 1260. The minimum atomic E-state index is 0.775. The molecule has 0 radical (unpaired) electrons. The van der Waals surface area contributed by atoms with E-state index in [0.29, 0.717) is 0 Å². The lowest BCUT2D eigenvalue weighted by atomic mass is 9.84. The largest absolute Gasteiger partial charge is 0.0654 e. The average molecular weight is 365 g/mol. The highest BCUT2D eigenvalue weighted by atomic mass is 14.2. The zero-order valence-electron chi connectivity index (χ0n) is 17.0. The van der Waals surface area contributed by atoms with Gasteiger partial charge in [0.1, 0.15) is 0 Å². The summed E-state index contributed by atoms with van der Waals surface area (Å²) < 4.78 is 0. The highest BCUT2D eigenvalue weighted by molar-refractivity contribution is 6.33. The molecule has 140 valence electrons. The number of hydrogen-bond donors (Lipinski definition) is 0. The standard InChI is InChI=1S/C28H28/c1-3-5-9-19(4-2)18-22-17-16-21-12-7-14-24-23-13-6-10-20-11-8-15-25(26(20)23)28(22)27(21)24/h6-8,10-17,19H,3-5,9,18H2,1-2H3. The molecule has 0 amide bonds. The van der Waals surface area contributed by atoms with Crippen LogP contribution in [-0.4, -0.2) is 0 Å². The van der Waals surface area contributed by atoms with E-state index in [1.54, 1.807) is 0 Å². The number of fused-ring (bicyclic) bond motifs is 2. The molecule has 5 aromatic carbocycles. The molecule has 0 heteroatoms. The molecule has 0 bridgehead atoms. The predicted octanol–water partition coefficient (Wildman–Crippen LogP) is 8.50. The van der Waals surface area contributed by atoms with E-state index in [4.69, 9.17) is 0 Å². The minimum Gasteiger partial charge on any atom is -0.0654 e. The van der Waals surface area contributed by atoms with Crippen LogP contribution in [0.2, 0.25) is 0 Å². The van der Waals surface area contributed by atoms with Crippen molar-refractivity contribution in [1.82, 2.24) is 0 Å². The lowest BCUT2D eigenvalue weighted by Gasteiger charge is -2.20. The van der Waals surface area contributed by atoms with Crippen molar-refractivity contribution >= 4 is 43.1 Å². The smallest absolute Gasteiger partial charge is 0.00236 e. The molecule has 0 aromatic heterocycles. The van der Waals surface area contributed by atoms with Crippen LogP contribution in [0.3, 0.4) is 0 Å². The molecule has 1 unspecified atom stereocenters. The molecule has 5 aromatic rings. The first-order chi connectivity index (χ1) is 13.8. The van der Waals surface area contributed by atoms with Crippen molar-refractivity contribution in [3.05, 3.63) is 72.3 Å². The van der Waals surface area contributed by atoms with Crippen LogP contribution in [0.15, 0.2) is 66.7 Å². The molecule has 0 fully saturated rings. The molecule has 0 N–H and O–H groups in total. The lowest BCUT2D eigenvalue weighted by Crippen LogP contribution is -2.04. The monoisotopic (exact) mass is 364 g/mol. The van der Waals surface area contributed by atoms with Crippen molar-refractivity contribution in [1.29, 1.82) is 0 Å². The second-order valence-electron chi connectivity index (χ2n) is 8.33. The zero-order chi connectivity index (χ0) is 19.1. The van der Waals surface area contributed by atoms with Crippen LogP contribution in [0.1, 0.15) is 45.1 Å². The molecule has 0 aliphatic heterocycles. The Balaban J connectivity index is 1.86. The second-order valence-corrected chi connectivity index (χ2v) is 8.33. The maximum atomic E-state index is 2.41. The molecule has 0 spiro atoms. The van der Waals surface area contributed by atoms with Gasteiger partial charge in [0, 0.05) is 0 Å². The number of unbranched alkanes of at least 4 members (excludes halogenated alkanes) is 1. The van der Waals surface area contributed by atoms with Gasteiger partial charge in [-0.3, -0.25) is 0 Å². The van der Waals surface area contributed by atoms with E-state index in [1.165, 1.54) is 80.8 Å². The number of hydrogen-bond acceptors (Lipinski definition) is 0. The topological polar surface area (TPSA) is 0 Å². The summed E-state index contributed by atoms with van der Waals surface area (Å²) in [7, 11) is 0. The van der Waals surface area contributed by atoms with E-state index in [2.05, 4.69) is 80.6 Å². The molecule has 0 heterocycles. The van der Waals surface area contributed by atoms with Gasteiger partial charge in [0.15, 0.2) is 0 Å². The van der Waals surface area contributed by atoms with Gasteiger partial charge < -0.3 is 0 Å². The number of rotatable bonds is 6. The normalized spacial score (nSPS) is 13.2.